The van der Waals surface area contributed by atoms with Gasteiger partial charge in [0.2, 0.25) is 0 Å². The van der Waals surface area contributed by atoms with Crippen LogP contribution in [-0.4, -0.2) is 23.1 Å². The molecule has 2 aromatic rings. The summed E-state index contributed by atoms with van der Waals surface area (Å²) >= 11 is 5.83. The van der Waals surface area contributed by atoms with Gasteiger partial charge >= 0.3 is 5.97 Å². The Bertz CT molecular complexity index is 685. The fourth-order valence-electron chi connectivity index (χ4n) is 1.69. The number of benzene rings is 2. The number of nitrogens with one attached hydrogen (secondary N) is 1. The molecule has 0 aliphatic heterocycles. The molecule has 1 amide bonds. The van der Waals surface area contributed by atoms with E-state index in [1.807, 2.05) is 0 Å². The fraction of sp³-hybridized carbons (Fsp3) is 0.125. The molecule has 0 aromatic heterocycles. The van der Waals surface area contributed by atoms with Gasteiger partial charge in [0.15, 0.2) is 6.10 Å². The first-order valence-corrected chi connectivity index (χ1v) is 6.90. The van der Waals surface area contributed by atoms with E-state index >= 15 is 0 Å². The van der Waals surface area contributed by atoms with Gasteiger partial charge in [0.25, 0.3) is 5.91 Å². The molecular formula is C16H14ClNO4. The van der Waals surface area contributed by atoms with Crippen LogP contribution in [0.2, 0.25) is 5.02 Å². The number of phenols is 1. The second-order valence-electron chi connectivity index (χ2n) is 4.59. The molecule has 0 saturated heterocycles. The largest absolute Gasteiger partial charge is 0.508 e. The summed E-state index contributed by atoms with van der Waals surface area (Å²) in [6.45, 7) is 1.47. The zero-order valence-electron chi connectivity index (χ0n) is 11.7. The van der Waals surface area contributed by atoms with Crippen LogP contribution in [0.1, 0.15) is 17.3 Å². The lowest BCUT2D eigenvalue weighted by atomic mass is 10.2. The van der Waals surface area contributed by atoms with Crippen LogP contribution in [0.25, 0.3) is 0 Å². The Morgan fingerprint density at radius 3 is 2.50 bits per heavy atom. The van der Waals surface area contributed by atoms with Crippen molar-refractivity contribution in [2.24, 2.45) is 0 Å². The molecule has 5 nitrogen and oxygen atoms in total. The number of halogens is 1. The first-order chi connectivity index (χ1) is 10.5. The maximum absolute atomic E-state index is 12.0. The molecule has 0 heterocycles. The number of hydrogen-bond donors (Lipinski definition) is 2. The average molecular weight is 320 g/mol. The van der Waals surface area contributed by atoms with E-state index in [4.69, 9.17) is 21.4 Å². The topological polar surface area (TPSA) is 75.6 Å². The summed E-state index contributed by atoms with van der Waals surface area (Å²) in [5, 5.41) is 12.3. The highest BCUT2D eigenvalue weighted by Crippen LogP contribution is 2.16. The summed E-state index contributed by atoms with van der Waals surface area (Å²) in [6.07, 6.45) is -0.972. The molecule has 22 heavy (non-hydrogen) atoms. The number of rotatable bonds is 4. The van der Waals surface area contributed by atoms with Crippen molar-refractivity contribution in [3.05, 3.63) is 59.1 Å². The highest BCUT2D eigenvalue weighted by Gasteiger charge is 2.19. The van der Waals surface area contributed by atoms with E-state index in [-0.39, 0.29) is 11.3 Å². The Kier molecular flexibility index (Phi) is 5.01. The third-order valence-corrected chi connectivity index (χ3v) is 3.08. The number of phenolic OH excluding ortho intramolecular Hbond substituents is 1. The van der Waals surface area contributed by atoms with Crippen LogP contribution >= 0.6 is 11.6 Å². The maximum atomic E-state index is 12.0. The van der Waals surface area contributed by atoms with E-state index in [2.05, 4.69) is 5.32 Å². The summed E-state index contributed by atoms with van der Waals surface area (Å²) in [5.41, 5.74) is 0.769. The van der Waals surface area contributed by atoms with Gasteiger partial charge in [-0.3, -0.25) is 4.79 Å². The Morgan fingerprint density at radius 2 is 1.86 bits per heavy atom. The van der Waals surface area contributed by atoms with Gasteiger partial charge in [-0.2, -0.15) is 0 Å². The smallest absolute Gasteiger partial charge is 0.338 e. The summed E-state index contributed by atoms with van der Waals surface area (Å²) < 4.78 is 5.07. The predicted molar refractivity (Wildman–Crippen MR) is 83.1 cm³/mol. The monoisotopic (exact) mass is 319 g/mol. The van der Waals surface area contributed by atoms with Gasteiger partial charge in [-0.15, -0.1) is 0 Å². The molecule has 0 unspecified atom stereocenters. The molecule has 2 aromatic carbocycles. The predicted octanol–water partition coefficient (Wildman–Crippen LogP) is 3.23. The second-order valence-corrected chi connectivity index (χ2v) is 5.03. The van der Waals surface area contributed by atoms with Crippen molar-refractivity contribution in [1.29, 1.82) is 0 Å². The Labute approximate surface area is 132 Å². The van der Waals surface area contributed by atoms with Gasteiger partial charge in [-0.1, -0.05) is 17.7 Å². The molecule has 0 spiro atoms. The van der Waals surface area contributed by atoms with Crippen molar-refractivity contribution in [1.82, 2.24) is 0 Å². The Balaban J connectivity index is 1.96. The highest BCUT2D eigenvalue weighted by atomic mass is 35.5. The van der Waals surface area contributed by atoms with Gasteiger partial charge in [-0.25, -0.2) is 4.79 Å². The van der Waals surface area contributed by atoms with E-state index < -0.39 is 18.0 Å². The van der Waals surface area contributed by atoms with Crippen LogP contribution in [0.5, 0.6) is 5.75 Å². The number of anilines is 1. The van der Waals surface area contributed by atoms with E-state index in [1.54, 1.807) is 24.3 Å². The van der Waals surface area contributed by atoms with Crippen LogP contribution in [0.3, 0.4) is 0 Å². The normalized spacial score (nSPS) is 11.5. The van der Waals surface area contributed by atoms with Crippen molar-refractivity contribution in [2.75, 3.05) is 5.32 Å². The zero-order valence-corrected chi connectivity index (χ0v) is 12.5. The molecule has 114 valence electrons. The van der Waals surface area contributed by atoms with E-state index in [0.29, 0.717) is 10.7 Å². The minimum absolute atomic E-state index is 0.0447. The third-order valence-electron chi connectivity index (χ3n) is 2.85. The SMILES string of the molecule is C[C@@H](OC(=O)c1ccc(O)cc1)C(=O)Nc1cccc(Cl)c1. The second kappa shape index (κ2) is 6.95. The number of carbonyl (C=O) groups is 2. The number of ether oxygens (including phenoxy) is 1. The molecular weight excluding hydrogens is 306 g/mol. The fourth-order valence-corrected chi connectivity index (χ4v) is 1.88. The van der Waals surface area contributed by atoms with E-state index in [9.17, 15) is 9.59 Å². The molecule has 0 saturated carbocycles. The van der Waals surface area contributed by atoms with Crippen LogP contribution in [0.4, 0.5) is 5.69 Å². The van der Waals surface area contributed by atoms with E-state index in [0.717, 1.165) is 0 Å². The van der Waals surface area contributed by atoms with Gasteiger partial charge in [0.05, 0.1) is 5.56 Å². The van der Waals surface area contributed by atoms with Crippen LogP contribution < -0.4 is 5.32 Å². The molecule has 0 radical (unpaired) electrons. The van der Waals surface area contributed by atoms with Crippen molar-refractivity contribution < 1.29 is 19.4 Å². The lowest BCUT2D eigenvalue weighted by Gasteiger charge is -2.13. The number of hydrogen-bond acceptors (Lipinski definition) is 4. The summed E-state index contributed by atoms with van der Waals surface area (Å²) in [6, 6.07) is 12.2. The molecule has 0 aliphatic carbocycles. The maximum Gasteiger partial charge on any atom is 0.338 e. The first kappa shape index (κ1) is 15.9. The molecule has 0 fully saturated rings. The lowest BCUT2D eigenvalue weighted by molar-refractivity contribution is -0.123. The van der Waals surface area contributed by atoms with Crippen molar-refractivity contribution in [3.8, 4) is 5.75 Å². The van der Waals surface area contributed by atoms with Crippen molar-refractivity contribution in [2.45, 2.75) is 13.0 Å². The minimum atomic E-state index is -0.972. The number of aromatic hydroxyl groups is 1. The number of esters is 1. The summed E-state index contributed by atoms with van der Waals surface area (Å²) in [5.74, 6) is -1.06. The highest BCUT2D eigenvalue weighted by molar-refractivity contribution is 6.30. The van der Waals surface area contributed by atoms with Crippen molar-refractivity contribution in [3.63, 3.8) is 0 Å². The Morgan fingerprint density at radius 1 is 1.18 bits per heavy atom. The molecule has 1 atom stereocenters. The zero-order chi connectivity index (χ0) is 16.1. The molecule has 6 heteroatoms. The lowest BCUT2D eigenvalue weighted by Crippen LogP contribution is -2.29. The molecule has 2 N–H and O–H groups in total. The van der Waals surface area contributed by atoms with Crippen LogP contribution in [0, 0.1) is 0 Å². The minimum Gasteiger partial charge on any atom is -0.508 e. The third kappa shape index (κ3) is 4.23. The van der Waals surface area contributed by atoms with Crippen LogP contribution in [0.15, 0.2) is 48.5 Å². The summed E-state index contributed by atoms with van der Waals surface area (Å²) in [4.78, 5) is 23.8. The average Bonchev–Trinajstić information content (AvgIpc) is 2.47. The van der Waals surface area contributed by atoms with Gasteiger partial charge in [0.1, 0.15) is 5.75 Å². The van der Waals surface area contributed by atoms with Gasteiger partial charge < -0.3 is 15.2 Å². The van der Waals surface area contributed by atoms with Crippen LogP contribution in [-0.2, 0) is 9.53 Å². The van der Waals surface area contributed by atoms with E-state index in [1.165, 1.54) is 31.2 Å². The molecule has 0 bridgehead atoms. The van der Waals surface area contributed by atoms with Gasteiger partial charge in [-0.05, 0) is 49.4 Å². The molecule has 0 aliphatic rings. The van der Waals surface area contributed by atoms with Gasteiger partial charge in [0, 0.05) is 10.7 Å². The first-order valence-electron chi connectivity index (χ1n) is 6.52. The Hall–Kier alpha value is -2.53. The summed E-state index contributed by atoms with van der Waals surface area (Å²) in [7, 11) is 0. The molecule has 2 rings (SSSR count). The standard InChI is InChI=1S/C16H14ClNO4/c1-10(15(20)18-13-4-2-3-12(17)9-13)22-16(21)11-5-7-14(19)8-6-11/h2-10,19H,1H3,(H,18,20)/t10-/m1/s1. The van der Waals surface area contributed by atoms with Crippen molar-refractivity contribution >= 4 is 29.2 Å². The quantitative estimate of drug-likeness (QED) is 0.848. The number of amides is 1. The number of carbonyl (C=O) groups excluding carboxylic acids is 2.